The van der Waals surface area contributed by atoms with Crippen molar-refractivity contribution in [3.8, 4) is 11.3 Å². The number of nitrogens with zero attached hydrogens (tertiary/aromatic N) is 1. The van der Waals surface area contributed by atoms with Crippen molar-refractivity contribution in [1.82, 2.24) is 15.5 Å². The maximum atomic E-state index is 12.0. The van der Waals surface area contributed by atoms with Gasteiger partial charge in [0.1, 0.15) is 5.69 Å². The fourth-order valence-corrected chi connectivity index (χ4v) is 2.52. The first-order valence-electron chi connectivity index (χ1n) is 6.24. The van der Waals surface area contributed by atoms with Gasteiger partial charge in [0.15, 0.2) is 0 Å². The third-order valence-electron chi connectivity index (χ3n) is 2.90. The van der Waals surface area contributed by atoms with Crippen LogP contribution in [0.1, 0.15) is 15.4 Å². The van der Waals surface area contributed by atoms with Crippen molar-refractivity contribution in [2.24, 2.45) is 0 Å². The second-order valence-electron chi connectivity index (χ2n) is 4.29. The van der Waals surface area contributed by atoms with Gasteiger partial charge >= 0.3 is 0 Å². The first kappa shape index (κ1) is 12.6. The lowest BCUT2D eigenvalue weighted by Crippen LogP contribution is -2.22. The molecule has 0 aliphatic carbocycles. The number of carbonyl (C=O) groups excluding carboxylic acids is 1. The van der Waals surface area contributed by atoms with Gasteiger partial charge in [-0.05, 0) is 17.5 Å². The normalized spacial score (nSPS) is 10.4. The first-order valence-corrected chi connectivity index (χ1v) is 7.12. The molecule has 100 valence electrons. The average Bonchev–Trinajstić information content (AvgIpc) is 3.17. The van der Waals surface area contributed by atoms with Crippen molar-refractivity contribution in [2.45, 2.75) is 6.54 Å². The van der Waals surface area contributed by atoms with Crippen LogP contribution in [0.2, 0.25) is 0 Å². The molecule has 0 atom stereocenters. The van der Waals surface area contributed by atoms with Crippen LogP contribution >= 0.6 is 11.3 Å². The Morgan fingerprint density at radius 3 is 2.80 bits per heavy atom. The van der Waals surface area contributed by atoms with E-state index in [0.29, 0.717) is 12.2 Å². The van der Waals surface area contributed by atoms with Crippen molar-refractivity contribution >= 4 is 17.2 Å². The maximum absolute atomic E-state index is 12.0. The molecule has 0 unspecified atom stereocenters. The Labute approximate surface area is 120 Å². The van der Waals surface area contributed by atoms with Gasteiger partial charge < -0.3 is 5.32 Å². The van der Waals surface area contributed by atoms with E-state index in [1.807, 2.05) is 47.8 Å². The summed E-state index contributed by atoms with van der Waals surface area (Å²) in [4.78, 5) is 13.1. The molecule has 3 rings (SSSR count). The van der Waals surface area contributed by atoms with Crippen molar-refractivity contribution in [3.63, 3.8) is 0 Å². The summed E-state index contributed by atoms with van der Waals surface area (Å²) in [5.41, 5.74) is 2.23. The lowest BCUT2D eigenvalue weighted by molar-refractivity contribution is 0.0946. The largest absolute Gasteiger partial charge is 0.346 e. The third-order valence-corrected chi connectivity index (χ3v) is 3.77. The van der Waals surface area contributed by atoms with Crippen LogP contribution in [-0.2, 0) is 6.54 Å². The standard InChI is InChI=1S/C15H13N3OS/c19-15(16-10-12-7-4-8-20-12)14-9-13(17-18-14)11-5-2-1-3-6-11/h1-9H,10H2,(H,16,19)(H,17,18). The summed E-state index contributed by atoms with van der Waals surface area (Å²) >= 11 is 1.62. The Hall–Kier alpha value is -2.40. The minimum Gasteiger partial charge on any atom is -0.346 e. The number of rotatable bonds is 4. The molecule has 0 radical (unpaired) electrons. The molecule has 2 N–H and O–H groups in total. The molecule has 3 aromatic rings. The lowest BCUT2D eigenvalue weighted by atomic mass is 10.1. The fraction of sp³-hybridized carbons (Fsp3) is 0.0667. The summed E-state index contributed by atoms with van der Waals surface area (Å²) in [6, 6.07) is 15.5. The van der Waals surface area contributed by atoms with Crippen LogP contribution in [-0.4, -0.2) is 16.1 Å². The van der Waals surface area contributed by atoms with Crippen molar-refractivity contribution in [3.05, 3.63) is 64.5 Å². The minimum absolute atomic E-state index is 0.145. The molecule has 2 aromatic heterocycles. The topological polar surface area (TPSA) is 57.8 Å². The molecule has 0 saturated heterocycles. The Bertz CT molecular complexity index is 689. The molecule has 0 fully saturated rings. The zero-order chi connectivity index (χ0) is 13.8. The molecule has 20 heavy (non-hydrogen) atoms. The fourth-order valence-electron chi connectivity index (χ4n) is 1.87. The Kier molecular flexibility index (Phi) is 3.60. The van der Waals surface area contributed by atoms with E-state index in [0.717, 1.165) is 16.1 Å². The van der Waals surface area contributed by atoms with E-state index >= 15 is 0 Å². The second-order valence-corrected chi connectivity index (χ2v) is 5.33. The lowest BCUT2D eigenvalue weighted by Gasteiger charge is -2.00. The van der Waals surface area contributed by atoms with Crippen molar-refractivity contribution < 1.29 is 4.79 Å². The van der Waals surface area contributed by atoms with E-state index in [9.17, 15) is 4.79 Å². The summed E-state index contributed by atoms with van der Waals surface area (Å²) in [7, 11) is 0. The summed E-state index contributed by atoms with van der Waals surface area (Å²) in [5, 5.41) is 11.8. The van der Waals surface area contributed by atoms with E-state index in [4.69, 9.17) is 0 Å². The molecule has 0 aliphatic rings. The van der Waals surface area contributed by atoms with Gasteiger partial charge in [-0.15, -0.1) is 11.3 Å². The van der Waals surface area contributed by atoms with Gasteiger partial charge in [-0.2, -0.15) is 5.10 Å². The number of H-pyrrole nitrogens is 1. The van der Waals surface area contributed by atoms with Crippen LogP contribution < -0.4 is 5.32 Å². The van der Waals surface area contributed by atoms with Gasteiger partial charge in [0.2, 0.25) is 0 Å². The van der Waals surface area contributed by atoms with Crippen molar-refractivity contribution in [1.29, 1.82) is 0 Å². The van der Waals surface area contributed by atoms with Gasteiger partial charge in [-0.3, -0.25) is 9.89 Å². The zero-order valence-corrected chi connectivity index (χ0v) is 11.5. The van der Waals surface area contributed by atoms with Crippen LogP contribution in [0.4, 0.5) is 0 Å². The number of nitrogens with one attached hydrogen (secondary N) is 2. The van der Waals surface area contributed by atoms with Crippen LogP contribution in [0.15, 0.2) is 53.9 Å². The predicted octanol–water partition coefficient (Wildman–Crippen LogP) is 3.07. The molecular weight excluding hydrogens is 270 g/mol. The van der Waals surface area contributed by atoms with Crippen LogP contribution in [0, 0.1) is 0 Å². The number of carbonyl (C=O) groups is 1. The van der Waals surface area contributed by atoms with Crippen LogP contribution in [0.5, 0.6) is 0 Å². The quantitative estimate of drug-likeness (QED) is 0.773. The first-order chi connectivity index (χ1) is 9.83. The van der Waals surface area contributed by atoms with Crippen molar-refractivity contribution in [2.75, 3.05) is 0 Å². The summed E-state index contributed by atoms with van der Waals surface area (Å²) in [6.45, 7) is 0.538. The number of hydrogen-bond acceptors (Lipinski definition) is 3. The Balaban J connectivity index is 1.69. The molecular formula is C15H13N3OS. The maximum Gasteiger partial charge on any atom is 0.269 e. The monoisotopic (exact) mass is 283 g/mol. The highest BCUT2D eigenvalue weighted by atomic mass is 32.1. The van der Waals surface area contributed by atoms with E-state index in [2.05, 4.69) is 15.5 Å². The Morgan fingerprint density at radius 2 is 2.05 bits per heavy atom. The highest BCUT2D eigenvalue weighted by Crippen LogP contribution is 2.17. The van der Waals surface area contributed by atoms with E-state index < -0.39 is 0 Å². The van der Waals surface area contributed by atoms with E-state index in [1.54, 1.807) is 17.4 Å². The SMILES string of the molecule is O=C(NCc1cccs1)c1cc(-c2ccccc2)n[nH]1. The third kappa shape index (κ3) is 2.78. The minimum atomic E-state index is -0.145. The highest BCUT2D eigenvalue weighted by Gasteiger charge is 2.10. The van der Waals surface area contributed by atoms with E-state index in [-0.39, 0.29) is 5.91 Å². The Morgan fingerprint density at radius 1 is 1.20 bits per heavy atom. The molecule has 0 bridgehead atoms. The summed E-state index contributed by atoms with van der Waals surface area (Å²) < 4.78 is 0. The summed E-state index contributed by atoms with van der Waals surface area (Å²) in [5.74, 6) is -0.145. The average molecular weight is 283 g/mol. The van der Waals surface area contributed by atoms with Crippen LogP contribution in [0.3, 0.4) is 0 Å². The molecule has 0 saturated carbocycles. The molecule has 1 amide bonds. The second kappa shape index (κ2) is 5.71. The smallest absolute Gasteiger partial charge is 0.269 e. The van der Waals surface area contributed by atoms with Gasteiger partial charge in [0.05, 0.1) is 12.2 Å². The molecule has 4 nitrogen and oxygen atoms in total. The van der Waals surface area contributed by atoms with Gasteiger partial charge in [-0.25, -0.2) is 0 Å². The van der Waals surface area contributed by atoms with E-state index in [1.165, 1.54) is 0 Å². The molecule has 1 aromatic carbocycles. The van der Waals surface area contributed by atoms with Crippen LogP contribution in [0.25, 0.3) is 11.3 Å². The highest BCUT2D eigenvalue weighted by molar-refractivity contribution is 7.09. The molecule has 5 heteroatoms. The predicted molar refractivity (Wildman–Crippen MR) is 79.5 cm³/mol. The van der Waals surface area contributed by atoms with Gasteiger partial charge in [0.25, 0.3) is 5.91 Å². The number of benzene rings is 1. The zero-order valence-electron chi connectivity index (χ0n) is 10.7. The number of thiophene rings is 1. The molecule has 0 aliphatic heterocycles. The summed E-state index contributed by atoms with van der Waals surface area (Å²) in [6.07, 6.45) is 0. The molecule has 0 spiro atoms. The molecule has 2 heterocycles. The van der Waals surface area contributed by atoms with Gasteiger partial charge in [0, 0.05) is 10.4 Å². The number of aromatic amines is 1. The van der Waals surface area contributed by atoms with Gasteiger partial charge in [-0.1, -0.05) is 36.4 Å². The number of amides is 1. The number of aromatic nitrogens is 2. The number of hydrogen-bond donors (Lipinski definition) is 2.